The van der Waals surface area contributed by atoms with E-state index in [9.17, 15) is 13.2 Å². The second-order valence-electron chi connectivity index (χ2n) is 5.22. The Kier molecular flexibility index (Phi) is 4.57. The molecule has 7 heteroatoms. The molecule has 124 valence electrons. The third-order valence-corrected chi connectivity index (χ3v) is 3.84. The Bertz CT molecular complexity index is 860. The van der Waals surface area contributed by atoms with Gasteiger partial charge in [0.05, 0.1) is 11.1 Å². The molecule has 0 fully saturated rings. The minimum atomic E-state index is -4.43. The molecule has 0 radical (unpaired) electrons. The van der Waals surface area contributed by atoms with Crippen molar-refractivity contribution in [2.45, 2.75) is 12.6 Å². The monoisotopic (exact) mass is 351 g/mol. The van der Waals surface area contributed by atoms with Crippen molar-refractivity contribution in [2.24, 2.45) is 0 Å². The van der Waals surface area contributed by atoms with E-state index >= 15 is 0 Å². The van der Waals surface area contributed by atoms with Crippen molar-refractivity contribution < 1.29 is 13.2 Å². The van der Waals surface area contributed by atoms with Crippen LogP contribution in [0.2, 0.25) is 5.02 Å². The molecule has 0 spiro atoms. The first kappa shape index (κ1) is 16.5. The lowest BCUT2D eigenvalue weighted by Crippen LogP contribution is -2.13. The summed E-state index contributed by atoms with van der Waals surface area (Å²) in [4.78, 5) is 8.31. The number of benzene rings is 2. The van der Waals surface area contributed by atoms with Gasteiger partial charge in [0.15, 0.2) is 0 Å². The third kappa shape index (κ3) is 3.59. The van der Waals surface area contributed by atoms with Crippen LogP contribution in [0.4, 0.5) is 19.0 Å². The first-order valence-electron chi connectivity index (χ1n) is 7.24. The molecule has 3 nitrogen and oxygen atoms in total. The molecule has 24 heavy (non-hydrogen) atoms. The lowest BCUT2D eigenvalue weighted by Gasteiger charge is -2.14. The van der Waals surface area contributed by atoms with Crippen LogP contribution in [0.15, 0.2) is 48.8 Å². The molecule has 0 aliphatic carbocycles. The number of aromatic nitrogens is 2. The van der Waals surface area contributed by atoms with Gasteiger partial charge in [0, 0.05) is 17.0 Å². The summed E-state index contributed by atoms with van der Waals surface area (Å²) >= 11 is 5.69. The van der Waals surface area contributed by atoms with Crippen LogP contribution in [0.3, 0.4) is 0 Å². The van der Waals surface area contributed by atoms with Crippen LogP contribution in [0, 0.1) is 0 Å². The smallest absolute Gasteiger partial charge is 0.369 e. The Hall–Kier alpha value is -2.34. The van der Waals surface area contributed by atoms with Crippen molar-refractivity contribution in [1.82, 2.24) is 9.97 Å². The van der Waals surface area contributed by atoms with Gasteiger partial charge in [0.1, 0.15) is 12.1 Å². The van der Waals surface area contributed by atoms with Crippen LogP contribution >= 0.6 is 11.6 Å². The number of anilines is 1. The van der Waals surface area contributed by atoms with E-state index in [-0.39, 0.29) is 17.0 Å². The molecule has 0 saturated heterocycles. The summed E-state index contributed by atoms with van der Waals surface area (Å²) in [6.07, 6.45) is -2.81. The molecular weight excluding hydrogens is 339 g/mol. The van der Waals surface area contributed by atoms with Gasteiger partial charge >= 0.3 is 6.18 Å². The van der Waals surface area contributed by atoms with Crippen molar-refractivity contribution in [1.29, 1.82) is 0 Å². The Morgan fingerprint density at radius 3 is 2.62 bits per heavy atom. The van der Waals surface area contributed by atoms with E-state index in [0.29, 0.717) is 12.4 Å². The van der Waals surface area contributed by atoms with E-state index in [2.05, 4.69) is 15.3 Å². The lowest BCUT2D eigenvalue weighted by molar-refractivity contribution is -0.138. The Morgan fingerprint density at radius 2 is 1.83 bits per heavy atom. The molecule has 0 amide bonds. The van der Waals surface area contributed by atoms with Crippen LogP contribution < -0.4 is 5.32 Å². The molecule has 0 aliphatic rings. The minimum Gasteiger partial charge on any atom is -0.369 e. The number of para-hydroxylation sites is 1. The largest absolute Gasteiger partial charge is 0.416 e. The summed E-state index contributed by atoms with van der Waals surface area (Å²) in [5.41, 5.74) is 0.264. The van der Waals surface area contributed by atoms with Gasteiger partial charge in [-0.25, -0.2) is 9.97 Å². The number of alkyl halides is 3. The number of hydrogen-bond donors (Lipinski definition) is 1. The molecule has 1 N–H and O–H groups in total. The number of fused-ring (bicyclic) bond motifs is 1. The third-order valence-electron chi connectivity index (χ3n) is 3.61. The van der Waals surface area contributed by atoms with Crippen molar-refractivity contribution >= 4 is 28.3 Å². The van der Waals surface area contributed by atoms with Gasteiger partial charge in [-0.05, 0) is 36.2 Å². The second kappa shape index (κ2) is 6.65. The van der Waals surface area contributed by atoms with Gasteiger partial charge in [0.25, 0.3) is 0 Å². The van der Waals surface area contributed by atoms with Gasteiger partial charge < -0.3 is 5.32 Å². The van der Waals surface area contributed by atoms with Gasteiger partial charge in [-0.2, -0.15) is 13.2 Å². The zero-order chi connectivity index (χ0) is 17.2. The standard InChI is InChI=1S/C17H13ClF3N3/c18-12-6-5-11(14(9-12)17(19,20)21)7-8-22-16-13-3-1-2-4-15(13)23-10-24-16/h1-6,9-10H,7-8H2,(H,22,23,24). The molecule has 3 aromatic rings. The summed E-state index contributed by atoms with van der Waals surface area (Å²) in [5.74, 6) is 0.600. The SMILES string of the molecule is FC(F)(F)c1cc(Cl)ccc1CCNc1ncnc2ccccc12. The maximum absolute atomic E-state index is 13.1. The summed E-state index contributed by atoms with van der Waals surface area (Å²) in [7, 11) is 0. The lowest BCUT2D eigenvalue weighted by atomic mass is 10.0. The summed E-state index contributed by atoms with van der Waals surface area (Å²) in [6.45, 7) is 0.311. The predicted molar refractivity (Wildman–Crippen MR) is 88.2 cm³/mol. The second-order valence-corrected chi connectivity index (χ2v) is 5.65. The maximum atomic E-state index is 13.1. The van der Waals surface area contributed by atoms with E-state index in [1.165, 1.54) is 18.5 Å². The van der Waals surface area contributed by atoms with Crippen molar-refractivity contribution in [2.75, 3.05) is 11.9 Å². The average molecular weight is 352 g/mol. The average Bonchev–Trinajstić information content (AvgIpc) is 2.55. The molecular formula is C17H13ClF3N3. The fraction of sp³-hybridized carbons (Fsp3) is 0.176. The Balaban J connectivity index is 1.77. The zero-order valence-electron chi connectivity index (χ0n) is 12.4. The highest BCUT2D eigenvalue weighted by atomic mass is 35.5. The summed E-state index contributed by atoms with van der Waals surface area (Å²) in [5, 5.41) is 3.97. The number of halogens is 4. The van der Waals surface area contributed by atoms with Crippen molar-refractivity contribution in [3.05, 3.63) is 64.9 Å². The van der Waals surface area contributed by atoms with Gasteiger partial charge in [0.2, 0.25) is 0 Å². The predicted octanol–water partition coefficient (Wildman–Crippen LogP) is 4.96. The van der Waals surface area contributed by atoms with E-state index in [1.54, 1.807) is 0 Å². The number of nitrogens with one attached hydrogen (secondary N) is 1. The highest BCUT2D eigenvalue weighted by Crippen LogP contribution is 2.34. The summed E-state index contributed by atoms with van der Waals surface area (Å²) < 4.78 is 39.3. The van der Waals surface area contributed by atoms with E-state index in [1.807, 2.05) is 24.3 Å². The first-order valence-corrected chi connectivity index (χ1v) is 7.62. The van der Waals surface area contributed by atoms with E-state index in [4.69, 9.17) is 11.6 Å². The molecule has 2 aromatic carbocycles. The van der Waals surface area contributed by atoms with E-state index in [0.717, 1.165) is 17.0 Å². The zero-order valence-corrected chi connectivity index (χ0v) is 13.2. The topological polar surface area (TPSA) is 37.8 Å². The fourth-order valence-electron chi connectivity index (χ4n) is 2.49. The van der Waals surface area contributed by atoms with Crippen molar-refractivity contribution in [3.63, 3.8) is 0 Å². The first-order chi connectivity index (χ1) is 11.4. The molecule has 0 aliphatic heterocycles. The number of rotatable bonds is 4. The number of hydrogen-bond acceptors (Lipinski definition) is 3. The quantitative estimate of drug-likeness (QED) is 0.722. The Labute approximate surface area is 141 Å². The van der Waals surface area contributed by atoms with Crippen LogP contribution in [0.1, 0.15) is 11.1 Å². The molecule has 0 bridgehead atoms. The van der Waals surface area contributed by atoms with Crippen LogP contribution in [0.5, 0.6) is 0 Å². The molecule has 3 rings (SSSR count). The number of nitrogens with zero attached hydrogens (tertiary/aromatic N) is 2. The maximum Gasteiger partial charge on any atom is 0.416 e. The van der Waals surface area contributed by atoms with Crippen LogP contribution in [0.25, 0.3) is 10.9 Å². The summed E-state index contributed by atoms with van der Waals surface area (Å²) in [6, 6.07) is 11.3. The van der Waals surface area contributed by atoms with Gasteiger partial charge in [-0.1, -0.05) is 29.8 Å². The highest BCUT2D eigenvalue weighted by Gasteiger charge is 2.33. The minimum absolute atomic E-state index is 0.0702. The Morgan fingerprint density at radius 1 is 1.04 bits per heavy atom. The molecule has 0 unspecified atom stereocenters. The normalized spacial score (nSPS) is 11.7. The fourth-order valence-corrected chi connectivity index (χ4v) is 2.66. The van der Waals surface area contributed by atoms with Gasteiger partial charge in [-0.15, -0.1) is 0 Å². The van der Waals surface area contributed by atoms with Crippen LogP contribution in [-0.2, 0) is 12.6 Å². The molecule has 1 heterocycles. The molecule has 0 saturated carbocycles. The van der Waals surface area contributed by atoms with E-state index < -0.39 is 11.7 Å². The molecule has 1 aromatic heterocycles. The van der Waals surface area contributed by atoms with Gasteiger partial charge in [-0.3, -0.25) is 0 Å². The molecule has 0 atom stereocenters. The van der Waals surface area contributed by atoms with Crippen LogP contribution in [-0.4, -0.2) is 16.5 Å². The van der Waals surface area contributed by atoms with Crippen molar-refractivity contribution in [3.8, 4) is 0 Å². The highest BCUT2D eigenvalue weighted by molar-refractivity contribution is 6.30.